The molecule has 0 aromatic rings. The average molecular weight is 451 g/mol. The fraction of sp³-hybridized carbons (Fsp3) is 0.815. The number of carboxylic acid groups (broad SMARTS) is 1. The van der Waals surface area contributed by atoms with Gasteiger partial charge in [-0.3, -0.25) is 4.79 Å². The van der Waals surface area contributed by atoms with E-state index in [4.69, 9.17) is 14.6 Å². The molecule has 0 aromatic heterocycles. The minimum absolute atomic E-state index is 0.0523. The second-order valence-corrected chi connectivity index (χ2v) is 9.49. The molecule has 0 aromatic carbocycles. The van der Waals surface area contributed by atoms with E-state index in [9.17, 15) is 9.90 Å². The van der Waals surface area contributed by atoms with Crippen LogP contribution in [-0.2, 0) is 14.3 Å². The van der Waals surface area contributed by atoms with E-state index >= 15 is 0 Å². The molecule has 184 valence electrons. The van der Waals surface area contributed by atoms with E-state index in [1.807, 2.05) is 0 Å². The summed E-state index contributed by atoms with van der Waals surface area (Å²) in [7, 11) is 0. The first-order chi connectivity index (χ1) is 15.6. The Labute approximate surface area is 195 Å². The molecule has 0 radical (unpaired) electrons. The molecule has 32 heavy (non-hydrogen) atoms. The van der Waals surface area contributed by atoms with Gasteiger partial charge < -0.3 is 19.7 Å². The lowest BCUT2D eigenvalue weighted by Gasteiger charge is -2.30. The van der Waals surface area contributed by atoms with Crippen LogP contribution < -0.4 is 0 Å². The molecule has 2 aliphatic rings. The molecule has 1 heterocycles. The molecule has 1 aliphatic heterocycles. The zero-order valence-electron chi connectivity index (χ0n) is 20.1. The van der Waals surface area contributed by atoms with E-state index in [2.05, 4.69) is 31.2 Å². The number of carbonyl (C=O) groups is 1. The third kappa shape index (κ3) is 10.6. The number of rotatable bonds is 16. The molecule has 1 aliphatic carbocycles. The van der Waals surface area contributed by atoms with Gasteiger partial charge in [-0.05, 0) is 76.0 Å². The van der Waals surface area contributed by atoms with Crippen molar-refractivity contribution in [2.24, 2.45) is 11.8 Å². The third-order valence-corrected chi connectivity index (χ3v) is 6.85. The van der Waals surface area contributed by atoms with Gasteiger partial charge >= 0.3 is 5.97 Å². The predicted octanol–water partition coefficient (Wildman–Crippen LogP) is 6.40. The molecule has 0 bridgehead atoms. The van der Waals surface area contributed by atoms with Crippen LogP contribution in [0.2, 0.25) is 0 Å². The second kappa shape index (κ2) is 16.4. The fourth-order valence-electron chi connectivity index (χ4n) is 5.01. The molecular weight excluding hydrogens is 404 g/mol. The number of ether oxygens (including phenoxy) is 2. The Balaban J connectivity index is 1.85. The Bertz CT molecular complexity index is 552. The Morgan fingerprint density at radius 2 is 1.78 bits per heavy atom. The summed E-state index contributed by atoms with van der Waals surface area (Å²) in [6, 6.07) is 0. The van der Waals surface area contributed by atoms with Gasteiger partial charge in [0.2, 0.25) is 0 Å². The summed E-state index contributed by atoms with van der Waals surface area (Å²) < 4.78 is 12.2. The van der Waals surface area contributed by atoms with Crippen molar-refractivity contribution in [3.63, 3.8) is 0 Å². The van der Waals surface area contributed by atoms with Crippen LogP contribution in [0.15, 0.2) is 24.3 Å². The second-order valence-electron chi connectivity index (χ2n) is 9.49. The van der Waals surface area contributed by atoms with Gasteiger partial charge in [-0.25, -0.2) is 0 Å². The van der Waals surface area contributed by atoms with Crippen molar-refractivity contribution < 1.29 is 24.5 Å². The van der Waals surface area contributed by atoms with E-state index in [-0.39, 0.29) is 30.8 Å². The Hall–Kier alpha value is -1.17. The number of carboxylic acids is 1. The SMILES string of the molecule is CCCCCC/C=C/CC[C@@H]1[C@@H](C/C=C\CCCC(=O)O)[C@@H](O)C[C@H]1OC1CCCCO1. The molecular formula is C27H46O5. The minimum Gasteiger partial charge on any atom is -0.481 e. The Kier molecular flexibility index (Phi) is 13.9. The molecule has 0 amide bonds. The Morgan fingerprint density at radius 3 is 2.53 bits per heavy atom. The highest BCUT2D eigenvalue weighted by atomic mass is 16.7. The van der Waals surface area contributed by atoms with Gasteiger partial charge in [-0.2, -0.15) is 0 Å². The largest absolute Gasteiger partial charge is 0.481 e. The van der Waals surface area contributed by atoms with Gasteiger partial charge in [0.1, 0.15) is 0 Å². The number of hydrogen-bond acceptors (Lipinski definition) is 4. The zero-order valence-corrected chi connectivity index (χ0v) is 20.1. The lowest BCUT2D eigenvalue weighted by Crippen LogP contribution is -2.31. The molecule has 5 atom stereocenters. The lowest BCUT2D eigenvalue weighted by molar-refractivity contribution is -0.196. The zero-order chi connectivity index (χ0) is 23.0. The number of unbranched alkanes of at least 4 members (excludes halogenated alkanes) is 5. The van der Waals surface area contributed by atoms with E-state index in [0.717, 1.165) is 58.0 Å². The summed E-state index contributed by atoms with van der Waals surface area (Å²) in [5, 5.41) is 19.6. The maximum Gasteiger partial charge on any atom is 0.303 e. The van der Waals surface area contributed by atoms with Crippen LogP contribution in [0.25, 0.3) is 0 Å². The van der Waals surface area contributed by atoms with Crippen LogP contribution in [-0.4, -0.2) is 41.3 Å². The van der Waals surface area contributed by atoms with E-state index in [1.165, 1.54) is 25.7 Å². The summed E-state index contributed by atoms with van der Waals surface area (Å²) in [5.41, 5.74) is 0. The van der Waals surface area contributed by atoms with E-state index in [0.29, 0.717) is 18.8 Å². The monoisotopic (exact) mass is 450 g/mol. The van der Waals surface area contributed by atoms with Crippen LogP contribution in [0.3, 0.4) is 0 Å². The van der Waals surface area contributed by atoms with Gasteiger partial charge in [0, 0.05) is 19.4 Å². The smallest absolute Gasteiger partial charge is 0.303 e. The van der Waals surface area contributed by atoms with Crippen molar-refractivity contribution >= 4 is 5.97 Å². The van der Waals surface area contributed by atoms with Crippen molar-refractivity contribution in [2.75, 3.05) is 6.61 Å². The van der Waals surface area contributed by atoms with Crippen LogP contribution in [0.4, 0.5) is 0 Å². The highest BCUT2D eigenvalue weighted by Crippen LogP contribution is 2.41. The normalized spacial score (nSPS) is 28.8. The predicted molar refractivity (Wildman–Crippen MR) is 128 cm³/mol. The van der Waals surface area contributed by atoms with E-state index in [1.54, 1.807) is 0 Å². The molecule has 1 saturated carbocycles. The standard InChI is InChI=1S/C27H46O5/c1-2-3-4-5-6-7-8-12-17-23-22(16-11-9-10-13-18-26(29)30)24(28)21-25(23)32-27-19-14-15-20-31-27/h7-9,11,22-25,27-28H,2-6,10,12-21H2,1H3,(H,29,30)/b8-7+,11-9-/t22-,23-,24+,25-,27?/m1/s1. The fourth-order valence-corrected chi connectivity index (χ4v) is 5.01. The molecule has 5 nitrogen and oxygen atoms in total. The number of aliphatic carboxylic acids is 1. The first-order valence-corrected chi connectivity index (χ1v) is 13.1. The molecule has 1 saturated heterocycles. The number of allylic oxidation sites excluding steroid dienone is 4. The average Bonchev–Trinajstić information content (AvgIpc) is 3.07. The maximum atomic E-state index is 10.8. The summed E-state index contributed by atoms with van der Waals surface area (Å²) in [4.78, 5) is 10.7. The van der Waals surface area contributed by atoms with Crippen molar-refractivity contribution in [2.45, 2.75) is 122 Å². The number of aliphatic hydroxyl groups excluding tert-OH is 1. The molecule has 0 spiro atoms. The highest BCUT2D eigenvalue weighted by Gasteiger charge is 2.43. The summed E-state index contributed by atoms with van der Waals surface area (Å²) in [6.07, 6.45) is 23.1. The van der Waals surface area contributed by atoms with Crippen LogP contribution in [0, 0.1) is 11.8 Å². The van der Waals surface area contributed by atoms with Gasteiger partial charge in [0.25, 0.3) is 0 Å². The quantitative estimate of drug-likeness (QED) is 0.210. The van der Waals surface area contributed by atoms with Crippen molar-refractivity contribution in [1.82, 2.24) is 0 Å². The minimum atomic E-state index is -0.743. The number of hydrogen-bond donors (Lipinski definition) is 2. The third-order valence-electron chi connectivity index (χ3n) is 6.85. The summed E-state index contributed by atoms with van der Waals surface area (Å²) in [6.45, 7) is 3.01. The first-order valence-electron chi connectivity index (χ1n) is 13.1. The molecule has 2 N–H and O–H groups in total. The van der Waals surface area contributed by atoms with Gasteiger partial charge in [0.15, 0.2) is 6.29 Å². The van der Waals surface area contributed by atoms with Gasteiger partial charge in [-0.1, -0.05) is 50.5 Å². The van der Waals surface area contributed by atoms with E-state index < -0.39 is 5.97 Å². The summed E-state index contributed by atoms with van der Waals surface area (Å²) in [5.74, 6) is -0.228. The van der Waals surface area contributed by atoms with Gasteiger partial charge in [-0.15, -0.1) is 0 Å². The number of aliphatic hydroxyl groups is 1. The highest BCUT2D eigenvalue weighted by molar-refractivity contribution is 5.66. The molecule has 2 rings (SSSR count). The molecule has 5 heteroatoms. The maximum absolute atomic E-state index is 10.8. The van der Waals surface area contributed by atoms with Crippen molar-refractivity contribution in [3.8, 4) is 0 Å². The van der Waals surface area contributed by atoms with Gasteiger partial charge in [0.05, 0.1) is 12.2 Å². The van der Waals surface area contributed by atoms with Crippen LogP contribution in [0.1, 0.15) is 103 Å². The van der Waals surface area contributed by atoms with Crippen molar-refractivity contribution in [3.05, 3.63) is 24.3 Å². The topological polar surface area (TPSA) is 76.0 Å². The first kappa shape index (κ1) is 27.1. The van der Waals surface area contributed by atoms with Crippen molar-refractivity contribution in [1.29, 1.82) is 0 Å². The Morgan fingerprint density at radius 1 is 1.00 bits per heavy atom. The molecule has 2 fully saturated rings. The lowest BCUT2D eigenvalue weighted by atomic mass is 9.86. The molecule has 1 unspecified atom stereocenters. The summed E-state index contributed by atoms with van der Waals surface area (Å²) >= 11 is 0. The van der Waals surface area contributed by atoms with Crippen LogP contribution >= 0.6 is 0 Å². The van der Waals surface area contributed by atoms with Crippen LogP contribution in [0.5, 0.6) is 0 Å².